The molecule has 0 N–H and O–H groups in total. The number of aromatic nitrogens is 1. The number of hydrogen-bond acceptors (Lipinski definition) is 3. The van der Waals surface area contributed by atoms with E-state index in [1.165, 1.54) is 5.69 Å². The summed E-state index contributed by atoms with van der Waals surface area (Å²) in [6, 6.07) is 12.5. The lowest BCUT2D eigenvalue weighted by atomic mass is 10.1. The van der Waals surface area contributed by atoms with Gasteiger partial charge in [0.1, 0.15) is 0 Å². The van der Waals surface area contributed by atoms with Crippen molar-refractivity contribution in [3.63, 3.8) is 0 Å². The van der Waals surface area contributed by atoms with E-state index in [1.807, 2.05) is 40.5 Å². The fraction of sp³-hybridized carbons (Fsp3) is 0.267. The minimum absolute atomic E-state index is 1.00. The van der Waals surface area contributed by atoms with E-state index >= 15 is 0 Å². The lowest BCUT2D eigenvalue weighted by Gasteiger charge is -2.15. The van der Waals surface area contributed by atoms with Gasteiger partial charge in [0.2, 0.25) is 0 Å². The second-order valence-electron chi connectivity index (χ2n) is 4.74. The molecule has 0 unspecified atom stereocenters. The van der Waals surface area contributed by atoms with Crippen LogP contribution in [0.3, 0.4) is 0 Å². The molecule has 18 heavy (non-hydrogen) atoms. The minimum atomic E-state index is 1.00. The number of anilines is 2. The van der Waals surface area contributed by atoms with E-state index in [9.17, 15) is 0 Å². The molecule has 1 aromatic carbocycles. The molecule has 0 fully saturated rings. The molecule has 0 saturated heterocycles. The van der Waals surface area contributed by atoms with Crippen molar-refractivity contribution in [2.24, 2.45) is 0 Å². The van der Waals surface area contributed by atoms with Crippen LogP contribution in [0.2, 0.25) is 0 Å². The lowest BCUT2D eigenvalue weighted by molar-refractivity contribution is 1.12. The number of nitrogens with zero attached hydrogens (tertiary/aromatic N) is 3. The summed E-state index contributed by atoms with van der Waals surface area (Å²) >= 11 is 0. The fourth-order valence-electron chi connectivity index (χ4n) is 1.80. The zero-order chi connectivity index (χ0) is 13.1. The molecule has 0 radical (unpaired) electrons. The molecule has 0 aliphatic carbocycles. The van der Waals surface area contributed by atoms with Crippen LogP contribution in [0.5, 0.6) is 0 Å². The highest BCUT2D eigenvalue weighted by molar-refractivity contribution is 5.68. The molecular weight excluding hydrogens is 222 g/mol. The Morgan fingerprint density at radius 3 is 2.17 bits per heavy atom. The van der Waals surface area contributed by atoms with Crippen molar-refractivity contribution in [2.75, 3.05) is 38.0 Å². The van der Waals surface area contributed by atoms with Gasteiger partial charge in [-0.15, -0.1) is 0 Å². The summed E-state index contributed by atoms with van der Waals surface area (Å²) in [5.74, 6) is 0. The third kappa shape index (κ3) is 2.62. The Morgan fingerprint density at radius 1 is 0.833 bits per heavy atom. The van der Waals surface area contributed by atoms with Gasteiger partial charge in [-0.1, -0.05) is 12.1 Å². The molecule has 0 spiro atoms. The van der Waals surface area contributed by atoms with E-state index < -0.39 is 0 Å². The van der Waals surface area contributed by atoms with Crippen LogP contribution in [0.1, 0.15) is 0 Å². The van der Waals surface area contributed by atoms with Gasteiger partial charge >= 0.3 is 0 Å². The highest BCUT2D eigenvalue weighted by atomic mass is 15.1. The van der Waals surface area contributed by atoms with E-state index in [1.54, 1.807) is 0 Å². The summed E-state index contributed by atoms with van der Waals surface area (Å²) in [6.07, 6.45) is 1.85. The van der Waals surface area contributed by atoms with Crippen molar-refractivity contribution in [2.45, 2.75) is 0 Å². The maximum atomic E-state index is 4.45. The topological polar surface area (TPSA) is 19.4 Å². The Labute approximate surface area is 109 Å². The second kappa shape index (κ2) is 5.08. The Kier molecular flexibility index (Phi) is 3.51. The number of rotatable bonds is 3. The van der Waals surface area contributed by atoms with E-state index in [0.717, 1.165) is 16.9 Å². The first-order valence-corrected chi connectivity index (χ1v) is 5.99. The number of pyridine rings is 1. The first-order valence-electron chi connectivity index (χ1n) is 5.99. The molecule has 1 heterocycles. The number of benzene rings is 1. The zero-order valence-electron chi connectivity index (χ0n) is 11.4. The molecule has 3 nitrogen and oxygen atoms in total. The Morgan fingerprint density at radius 2 is 1.50 bits per heavy atom. The third-order valence-electron chi connectivity index (χ3n) is 2.92. The van der Waals surface area contributed by atoms with Gasteiger partial charge in [-0.05, 0) is 24.3 Å². The molecular formula is C15H19N3. The van der Waals surface area contributed by atoms with E-state index in [0.29, 0.717) is 0 Å². The molecule has 0 aliphatic heterocycles. The molecule has 0 saturated carbocycles. The van der Waals surface area contributed by atoms with Gasteiger partial charge in [-0.3, -0.25) is 4.98 Å². The summed E-state index contributed by atoms with van der Waals surface area (Å²) in [5.41, 5.74) is 4.50. The Hall–Kier alpha value is -2.03. The highest BCUT2D eigenvalue weighted by Crippen LogP contribution is 2.24. The maximum Gasteiger partial charge on any atom is 0.0723 e. The van der Waals surface area contributed by atoms with E-state index in [4.69, 9.17) is 0 Å². The molecule has 0 amide bonds. The number of hydrogen-bond donors (Lipinski definition) is 0. The Bertz CT molecular complexity index is 483. The zero-order valence-corrected chi connectivity index (χ0v) is 11.4. The predicted molar refractivity (Wildman–Crippen MR) is 78.3 cm³/mol. The van der Waals surface area contributed by atoms with Crippen LogP contribution in [-0.2, 0) is 0 Å². The van der Waals surface area contributed by atoms with Gasteiger partial charge in [0.25, 0.3) is 0 Å². The van der Waals surface area contributed by atoms with Gasteiger partial charge in [-0.25, -0.2) is 0 Å². The molecule has 0 aliphatic rings. The van der Waals surface area contributed by atoms with E-state index in [-0.39, 0.29) is 0 Å². The summed E-state index contributed by atoms with van der Waals surface area (Å²) in [7, 11) is 8.16. The normalized spacial score (nSPS) is 10.2. The van der Waals surface area contributed by atoms with Crippen LogP contribution in [0.4, 0.5) is 11.4 Å². The third-order valence-corrected chi connectivity index (χ3v) is 2.92. The van der Waals surface area contributed by atoms with Crippen LogP contribution in [0, 0.1) is 0 Å². The molecule has 0 bridgehead atoms. The van der Waals surface area contributed by atoms with Crippen molar-refractivity contribution in [3.8, 4) is 11.3 Å². The van der Waals surface area contributed by atoms with Crippen LogP contribution >= 0.6 is 0 Å². The predicted octanol–water partition coefficient (Wildman–Crippen LogP) is 2.88. The van der Waals surface area contributed by atoms with Crippen molar-refractivity contribution in [3.05, 3.63) is 42.6 Å². The van der Waals surface area contributed by atoms with Crippen LogP contribution in [0.25, 0.3) is 11.3 Å². The molecule has 1 aromatic heterocycles. The van der Waals surface area contributed by atoms with Crippen LogP contribution < -0.4 is 9.80 Å². The summed E-state index contributed by atoms with van der Waals surface area (Å²) in [6.45, 7) is 0. The quantitative estimate of drug-likeness (QED) is 0.823. The lowest BCUT2D eigenvalue weighted by Crippen LogP contribution is -2.09. The van der Waals surface area contributed by atoms with Crippen molar-refractivity contribution in [1.29, 1.82) is 0 Å². The Balaban J connectivity index is 2.42. The van der Waals surface area contributed by atoms with Crippen molar-refractivity contribution in [1.82, 2.24) is 4.98 Å². The van der Waals surface area contributed by atoms with Crippen molar-refractivity contribution >= 4 is 11.4 Å². The average Bonchev–Trinajstić information content (AvgIpc) is 2.39. The maximum absolute atomic E-state index is 4.45. The second-order valence-corrected chi connectivity index (χ2v) is 4.74. The molecule has 0 atom stereocenters. The van der Waals surface area contributed by atoms with Crippen LogP contribution in [0.15, 0.2) is 42.6 Å². The largest absolute Gasteiger partial charge is 0.378 e. The standard InChI is InChI=1S/C15H19N3/c1-17(2)13-7-5-6-12(10-13)15-11-14(18(3)4)8-9-16-15/h5-11H,1-4H3. The monoisotopic (exact) mass is 241 g/mol. The average molecular weight is 241 g/mol. The van der Waals surface area contributed by atoms with E-state index in [2.05, 4.69) is 45.1 Å². The molecule has 3 heteroatoms. The molecule has 94 valence electrons. The minimum Gasteiger partial charge on any atom is -0.378 e. The first kappa shape index (κ1) is 12.4. The van der Waals surface area contributed by atoms with Gasteiger partial charge in [0, 0.05) is 51.3 Å². The summed E-state index contributed by atoms with van der Waals surface area (Å²) in [4.78, 5) is 8.63. The molecule has 2 aromatic rings. The summed E-state index contributed by atoms with van der Waals surface area (Å²) in [5, 5.41) is 0. The van der Waals surface area contributed by atoms with Gasteiger partial charge in [0.15, 0.2) is 0 Å². The SMILES string of the molecule is CN(C)c1cccc(-c2cc(N(C)C)ccn2)c1. The van der Waals surface area contributed by atoms with Crippen LogP contribution in [-0.4, -0.2) is 33.2 Å². The molecule has 2 rings (SSSR count). The fourth-order valence-corrected chi connectivity index (χ4v) is 1.80. The first-order chi connectivity index (χ1) is 8.58. The smallest absolute Gasteiger partial charge is 0.0723 e. The summed E-state index contributed by atoms with van der Waals surface area (Å²) < 4.78 is 0. The van der Waals surface area contributed by atoms with Gasteiger partial charge < -0.3 is 9.80 Å². The van der Waals surface area contributed by atoms with Crippen molar-refractivity contribution < 1.29 is 0 Å². The highest BCUT2D eigenvalue weighted by Gasteiger charge is 2.04. The van der Waals surface area contributed by atoms with Gasteiger partial charge in [0.05, 0.1) is 5.69 Å². The van der Waals surface area contributed by atoms with Gasteiger partial charge in [-0.2, -0.15) is 0 Å².